The van der Waals surface area contributed by atoms with Crippen molar-refractivity contribution in [1.29, 1.82) is 0 Å². The van der Waals surface area contributed by atoms with Crippen LogP contribution in [0, 0.1) is 0 Å². The molecule has 0 radical (unpaired) electrons. The van der Waals surface area contributed by atoms with Crippen LogP contribution < -0.4 is 40.1 Å². The number of aliphatic carboxylic acids is 1. The molecule has 0 aromatic carbocycles. The fraction of sp³-hybridized carbons (Fsp3) is 0.750. The molecule has 13 heavy (non-hydrogen) atoms. The number of unbranched alkanes of at least 4 members (excludes halogenated alkanes) is 2. The molecule has 0 amide bonds. The summed E-state index contributed by atoms with van der Waals surface area (Å²) in [6, 6.07) is 0. The first-order valence-electron chi connectivity index (χ1n) is 4.17. The van der Waals surface area contributed by atoms with Crippen LogP contribution in [0.4, 0.5) is 0 Å². The van der Waals surface area contributed by atoms with E-state index in [1.165, 1.54) is 6.92 Å². The molecule has 0 rings (SSSR count). The van der Waals surface area contributed by atoms with Crippen LogP contribution in [0.1, 0.15) is 33.1 Å². The van der Waals surface area contributed by atoms with Gasteiger partial charge in [0.2, 0.25) is 0 Å². The van der Waals surface area contributed by atoms with Gasteiger partial charge in [-0.2, -0.15) is 5.10 Å². The largest absolute Gasteiger partial charge is 1.00 e. The number of carbonyl (C=O) groups is 1. The molecule has 0 saturated carbocycles. The molecule has 0 aliphatic heterocycles. The quantitative estimate of drug-likeness (QED) is 0.211. The van der Waals surface area contributed by atoms with Crippen molar-refractivity contribution in [1.82, 2.24) is 5.43 Å². The number of rotatable bonds is 6. The van der Waals surface area contributed by atoms with E-state index in [1.807, 2.05) is 0 Å². The van der Waals surface area contributed by atoms with Gasteiger partial charge in [0.05, 0.1) is 11.7 Å². The van der Waals surface area contributed by atoms with Gasteiger partial charge in [-0.15, -0.1) is 0 Å². The Kier molecular flexibility index (Phi) is 11.9. The maximum Gasteiger partial charge on any atom is 1.00 e. The van der Waals surface area contributed by atoms with Gasteiger partial charge in [0.15, 0.2) is 0 Å². The van der Waals surface area contributed by atoms with Gasteiger partial charge in [0, 0.05) is 6.54 Å². The summed E-state index contributed by atoms with van der Waals surface area (Å²) in [6.07, 6.45) is 3.29. The first-order valence-corrected chi connectivity index (χ1v) is 4.17. The molecule has 0 heterocycles. The number of nitrogens with zero attached hydrogens (tertiary/aromatic N) is 1. The van der Waals surface area contributed by atoms with Crippen molar-refractivity contribution in [2.45, 2.75) is 33.1 Å². The van der Waals surface area contributed by atoms with E-state index >= 15 is 0 Å². The molecule has 0 bridgehead atoms. The smallest absolute Gasteiger partial charge is 0.543 e. The predicted molar refractivity (Wildman–Crippen MR) is 45.6 cm³/mol. The van der Waals surface area contributed by atoms with Crippen molar-refractivity contribution in [3.63, 3.8) is 0 Å². The molecule has 0 aliphatic carbocycles. The van der Waals surface area contributed by atoms with Gasteiger partial charge >= 0.3 is 29.6 Å². The summed E-state index contributed by atoms with van der Waals surface area (Å²) in [5.41, 5.74) is 2.66. The van der Waals surface area contributed by atoms with Crippen molar-refractivity contribution in [3.8, 4) is 0 Å². The van der Waals surface area contributed by atoms with Crippen molar-refractivity contribution in [2.75, 3.05) is 6.54 Å². The summed E-state index contributed by atoms with van der Waals surface area (Å²) in [7, 11) is 0. The van der Waals surface area contributed by atoms with Crippen LogP contribution in [0.25, 0.3) is 0 Å². The molecule has 0 aromatic rings. The molecule has 0 atom stereocenters. The molecule has 4 nitrogen and oxygen atoms in total. The standard InChI is InChI=1S/C8H16N2O2.Na/c1-3-4-5-6-9-10-7(2)8(11)12;/h9H,3-6H2,1-2H3,(H,11,12);/q;+1/p-1. The minimum absolute atomic E-state index is 0. The van der Waals surface area contributed by atoms with Gasteiger partial charge in [-0.05, 0) is 13.3 Å². The van der Waals surface area contributed by atoms with E-state index < -0.39 is 5.97 Å². The Morgan fingerprint density at radius 1 is 1.46 bits per heavy atom. The first kappa shape index (κ1) is 15.4. The number of hydrogen-bond acceptors (Lipinski definition) is 4. The molecule has 0 fully saturated rings. The van der Waals surface area contributed by atoms with E-state index in [-0.39, 0.29) is 35.3 Å². The topological polar surface area (TPSA) is 64.5 Å². The number of hydrogen-bond donors (Lipinski definition) is 1. The van der Waals surface area contributed by atoms with Gasteiger partial charge in [-0.3, -0.25) is 0 Å². The van der Waals surface area contributed by atoms with E-state index in [2.05, 4.69) is 17.5 Å². The minimum atomic E-state index is -1.22. The third kappa shape index (κ3) is 9.86. The third-order valence-corrected chi connectivity index (χ3v) is 1.43. The first-order chi connectivity index (χ1) is 5.68. The van der Waals surface area contributed by atoms with Gasteiger partial charge in [-0.25, -0.2) is 0 Å². The number of nitrogens with one attached hydrogen (secondary N) is 1. The Hall–Kier alpha value is -0.0600. The van der Waals surface area contributed by atoms with Crippen molar-refractivity contribution in [3.05, 3.63) is 0 Å². The molecule has 70 valence electrons. The van der Waals surface area contributed by atoms with Gasteiger partial charge in [0.1, 0.15) is 0 Å². The van der Waals surface area contributed by atoms with E-state index in [1.54, 1.807) is 0 Å². The Bertz CT molecular complexity index is 172. The predicted octanol–water partition coefficient (Wildman–Crippen LogP) is -3.10. The monoisotopic (exact) mass is 194 g/mol. The average Bonchev–Trinajstić information content (AvgIpc) is 2.03. The normalized spacial score (nSPS) is 10.5. The zero-order chi connectivity index (χ0) is 9.40. The molecular weight excluding hydrogens is 179 g/mol. The molecule has 0 aliphatic rings. The Balaban J connectivity index is 0. The van der Waals surface area contributed by atoms with Gasteiger partial charge < -0.3 is 15.3 Å². The van der Waals surface area contributed by atoms with E-state index in [0.717, 1.165) is 25.8 Å². The molecular formula is C8H15N2NaO2. The number of hydrazone groups is 1. The van der Waals surface area contributed by atoms with E-state index in [0.29, 0.717) is 0 Å². The van der Waals surface area contributed by atoms with Crippen LogP contribution in [0.3, 0.4) is 0 Å². The second kappa shape index (κ2) is 10.0. The second-order valence-electron chi connectivity index (χ2n) is 2.60. The molecule has 5 heteroatoms. The van der Waals surface area contributed by atoms with Gasteiger partial charge in [0.25, 0.3) is 0 Å². The summed E-state index contributed by atoms with van der Waals surface area (Å²) in [6.45, 7) is 4.23. The zero-order valence-electron chi connectivity index (χ0n) is 8.59. The zero-order valence-corrected chi connectivity index (χ0v) is 10.6. The van der Waals surface area contributed by atoms with Crippen molar-refractivity contribution in [2.24, 2.45) is 5.10 Å². The fourth-order valence-electron chi connectivity index (χ4n) is 0.674. The van der Waals surface area contributed by atoms with Crippen LogP contribution in [-0.4, -0.2) is 18.2 Å². The molecule has 0 spiro atoms. The third-order valence-electron chi connectivity index (χ3n) is 1.43. The van der Waals surface area contributed by atoms with Crippen LogP contribution in [0.15, 0.2) is 5.10 Å². The van der Waals surface area contributed by atoms with E-state index in [9.17, 15) is 9.90 Å². The van der Waals surface area contributed by atoms with Crippen LogP contribution >= 0.6 is 0 Å². The Morgan fingerprint density at radius 2 is 2.08 bits per heavy atom. The average molecular weight is 194 g/mol. The van der Waals surface area contributed by atoms with Gasteiger partial charge in [-0.1, -0.05) is 19.8 Å². The summed E-state index contributed by atoms with van der Waals surface area (Å²) >= 11 is 0. The number of carboxylic acid groups (broad SMARTS) is 1. The fourth-order valence-corrected chi connectivity index (χ4v) is 0.674. The van der Waals surface area contributed by atoms with E-state index in [4.69, 9.17) is 0 Å². The summed E-state index contributed by atoms with van der Waals surface area (Å²) in [5.74, 6) is -1.22. The minimum Gasteiger partial charge on any atom is -0.543 e. The summed E-state index contributed by atoms with van der Waals surface area (Å²) in [4.78, 5) is 10.1. The van der Waals surface area contributed by atoms with Crippen LogP contribution in [-0.2, 0) is 4.79 Å². The molecule has 0 saturated heterocycles. The van der Waals surface area contributed by atoms with Crippen molar-refractivity contribution >= 4 is 11.7 Å². The summed E-state index contributed by atoms with van der Waals surface area (Å²) in [5, 5.41) is 13.7. The molecule has 0 unspecified atom stereocenters. The Labute approximate surface area is 101 Å². The van der Waals surface area contributed by atoms with Crippen LogP contribution in [0.5, 0.6) is 0 Å². The number of carbonyl (C=O) groups excluding carboxylic acids is 1. The second-order valence-corrected chi connectivity index (χ2v) is 2.60. The molecule has 1 N–H and O–H groups in total. The Morgan fingerprint density at radius 3 is 2.54 bits per heavy atom. The summed E-state index contributed by atoms with van der Waals surface area (Å²) < 4.78 is 0. The SMILES string of the molecule is CCCCCNN=C(C)C(=O)[O-].[Na+]. The number of carboxylic acids is 1. The van der Waals surface area contributed by atoms with Crippen LogP contribution in [0.2, 0.25) is 0 Å². The maximum atomic E-state index is 10.1. The molecule has 0 aromatic heterocycles. The van der Waals surface area contributed by atoms with Crippen molar-refractivity contribution < 1.29 is 39.5 Å². The maximum absolute atomic E-state index is 10.1.